The predicted octanol–water partition coefficient (Wildman–Crippen LogP) is -0.826. The molecule has 1 fully saturated rings. The van der Waals surface area contributed by atoms with Crippen LogP contribution in [0.1, 0.15) is 13.3 Å². The lowest BCUT2D eigenvalue weighted by molar-refractivity contribution is -0.131. The molecule has 0 aliphatic carbocycles. The van der Waals surface area contributed by atoms with E-state index in [0.717, 1.165) is 13.0 Å². The standard InChI is InChI=1S/C8H16N2O2/c1-6-2-3-10(8(6)12)5-7(11)4-9/h6-7,11H,2-5,9H2,1H3/t6?,7-/m1/s1. The van der Waals surface area contributed by atoms with Crippen molar-refractivity contribution in [3.63, 3.8) is 0 Å². The minimum atomic E-state index is -0.570. The number of likely N-dealkylation sites (tertiary alicyclic amines) is 1. The highest BCUT2D eigenvalue weighted by Crippen LogP contribution is 2.16. The number of β-amino-alcohol motifs (C(OH)–C–C–N with tert-alkyl or cyclic N) is 1. The summed E-state index contributed by atoms with van der Waals surface area (Å²) in [6.45, 7) is 3.28. The first kappa shape index (κ1) is 9.48. The molecule has 2 atom stereocenters. The molecule has 1 heterocycles. The molecule has 1 aliphatic heterocycles. The minimum Gasteiger partial charge on any atom is -0.390 e. The van der Waals surface area contributed by atoms with E-state index in [1.807, 2.05) is 6.92 Å². The maximum absolute atomic E-state index is 11.3. The summed E-state index contributed by atoms with van der Waals surface area (Å²) < 4.78 is 0. The number of hydrogen-bond donors (Lipinski definition) is 2. The third kappa shape index (κ3) is 1.95. The average molecular weight is 172 g/mol. The zero-order valence-corrected chi connectivity index (χ0v) is 7.36. The number of aliphatic hydroxyl groups excluding tert-OH is 1. The summed E-state index contributed by atoms with van der Waals surface area (Å²) in [5.41, 5.74) is 5.24. The molecular formula is C8H16N2O2. The van der Waals surface area contributed by atoms with Gasteiger partial charge in [0.2, 0.25) is 5.91 Å². The SMILES string of the molecule is CC1CCN(C[C@H](O)CN)C1=O. The fraction of sp³-hybridized carbons (Fsp3) is 0.875. The zero-order valence-electron chi connectivity index (χ0n) is 7.36. The van der Waals surface area contributed by atoms with Gasteiger partial charge in [0.1, 0.15) is 0 Å². The fourth-order valence-corrected chi connectivity index (χ4v) is 1.41. The summed E-state index contributed by atoms with van der Waals surface area (Å²) >= 11 is 0. The van der Waals surface area contributed by atoms with E-state index in [1.165, 1.54) is 0 Å². The summed E-state index contributed by atoms with van der Waals surface area (Å²) in [7, 11) is 0. The monoisotopic (exact) mass is 172 g/mol. The molecule has 4 nitrogen and oxygen atoms in total. The van der Waals surface area contributed by atoms with E-state index in [0.29, 0.717) is 6.54 Å². The Balaban J connectivity index is 2.39. The topological polar surface area (TPSA) is 66.6 Å². The first-order chi connectivity index (χ1) is 5.65. The maximum atomic E-state index is 11.3. The number of hydrogen-bond acceptors (Lipinski definition) is 3. The molecule has 0 saturated carbocycles. The Kier molecular flexibility index (Phi) is 3.05. The van der Waals surface area contributed by atoms with Gasteiger partial charge in [-0.2, -0.15) is 0 Å². The van der Waals surface area contributed by atoms with Gasteiger partial charge in [0, 0.05) is 25.6 Å². The molecule has 1 rings (SSSR count). The summed E-state index contributed by atoms with van der Waals surface area (Å²) in [5, 5.41) is 9.20. The molecule has 0 aromatic heterocycles. The molecule has 0 radical (unpaired) electrons. The van der Waals surface area contributed by atoms with Crippen molar-refractivity contribution in [2.45, 2.75) is 19.4 Å². The normalized spacial score (nSPS) is 26.4. The van der Waals surface area contributed by atoms with Crippen LogP contribution in [0.15, 0.2) is 0 Å². The van der Waals surface area contributed by atoms with Crippen LogP contribution in [-0.2, 0) is 4.79 Å². The van der Waals surface area contributed by atoms with Gasteiger partial charge in [-0.3, -0.25) is 4.79 Å². The Hall–Kier alpha value is -0.610. The molecule has 4 heteroatoms. The largest absolute Gasteiger partial charge is 0.390 e. The van der Waals surface area contributed by atoms with Crippen LogP contribution in [0.4, 0.5) is 0 Å². The zero-order chi connectivity index (χ0) is 9.14. The number of carbonyl (C=O) groups excluding carboxylic acids is 1. The molecule has 1 unspecified atom stereocenters. The number of nitrogens with two attached hydrogens (primary N) is 1. The van der Waals surface area contributed by atoms with E-state index < -0.39 is 6.10 Å². The summed E-state index contributed by atoms with van der Waals surface area (Å²) in [6, 6.07) is 0. The third-order valence-electron chi connectivity index (χ3n) is 2.27. The highest BCUT2D eigenvalue weighted by atomic mass is 16.3. The van der Waals surface area contributed by atoms with Gasteiger partial charge in [-0.25, -0.2) is 0 Å². The Bertz CT molecular complexity index is 172. The fourth-order valence-electron chi connectivity index (χ4n) is 1.41. The van der Waals surface area contributed by atoms with Crippen LogP contribution < -0.4 is 5.73 Å². The van der Waals surface area contributed by atoms with Gasteiger partial charge >= 0.3 is 0 Å². The highest BCUT2D eigenvalue weighted by molar-refractivity contribution is 5.80. The van der Waals surface area contributed by atoms with E-state index in [1.54, 1.807) is 4.90 Å². The summed E-state index contributed by atoms with van der Waals surface area (Å²) in [6.07, 6.45) is 0.329. The molecule has 70 valence electrons. The van der Waals surface area contributed by atoms with Crippen LogP contribution in [0.25, 0.3) is 0 Å². The van der Waals surface area contributed by atoms with Crippen LogP contribution in [-0.4, -0.2) is 41.7 Å². The Labute approximate surface area is 72.3 Å². The van der Waals surface area contributed by atoms with Gasteiger partial charge in [0.05, 0.1) is 6.10 Å². The maximum Gasteiger partial charge on any atom is 0.225 e. The molecule has 0 spiro atoms. The average Bonchev–Trinajstić information content (AvgIpc) is 2.36. The van der Waals surface area contributed by atoms with Crippen molar-refractivity contribution in [1.29, 1.82) is 0 Å². The molecule has 3 N–H and O–H groups in total. The van der Waals surface area contributed by atoms with Crippen LogP contribution in [0.2, 0.25) is 0 Å². The first-order valence-electron chi connectivity index (χ1n) is 4.32. The lowest BCUT2D eigenvalue weighted by atomic mass is 10.1. The van der Waals surface area contributed by atoms with Crippen molar-refractivity contribution in [2.24, 2.45) is 11.7 Å². The lowest BCUT2D eigenvalue weighted by Crippen LogP contribution is -2.37. The summed E-state index contributed by atoms with van der Waals surface area (Å²) in [5.74, 6) is 0.262. The highest BCUT2D eigenvalue weighted by Gasteiger charge is 2.28. The number of nitrogens with zero attached hydrogens (tertiary/aromatic N) is 1. The van der Waals surface area contributed by atoms with E-state index in [4.69, 9.17) is 5.73 Å². The van der Waals surface area contributed by atoms with Crippen molar-refractivity contribution in [2.75, 3.05) is 19.6 Å². The van der Waals surface area contributed by atoms with Crippen molar-refractivity contribution in [1.82, 2.24) is 4.90 Å². The van der Waals surface area contributed by atoms with Gasteiger partial charge in [-0.15, -0.1) is 0 Å². The molecule has 12 heavy (non-hydrogen) atoms. The van der Waals surface area contributed by atoms with Gasteiger partial charge in [0.15, 0.2) is 0 Å². The minimum absolute atomic E-state index is 0.120. The Morgan fingerprint density at radius 2 is 2.50 bits per heavy atom. The number of carbonyl (C=O) groups is 1. The van der Waals surface area contributed by atoms with E-state index in [-0.39, 0.29) is 18.4 Å². The van der Waals surface area contributed by atoms with Crippen molar-refractivity contribution in [3.8, 4) is 0 Å². The van der Waals surface area contributed by atoms with Crippen LogP contribution in [0.5, 0.6) is 0 Å². The summed E-state index contributed by atoms with van der Waals surface area (Å²) in [4.78, 5) is 13.0. The second kappa shape index (κ2) is 3.87. The Morgan fingerprint density at radius 1 is 1.83 bits per heavy atom. The molecule has 1 amide bonds. The lowest BCUT2D eigenvalue weighted by Gasteiger charge is -2.18. The molecule has 1 aliphatic rings. The second-order valence-corrected chi connectivity index (χ2v) is 3.36. The molecule has 1 saturated heterocycles. The molecule has 0 aromatic rings. The molecular weight excluding hydrogens is 156 g/mol. The third-order valence-corrected chi connectivity index (χ3v) is 2.27. The second-order valence-electron chi connectivity index (χ2n) is 3.36. The van der Waals surface area contributed by atoms with Crippen LogP contribution >= 0.6 is 0 Å². The van der Waals surface area contributed by atoms with Gasteiger partial charge in [-0.05, 0) is 6.42 Å². The van der Waals surface area contributed by atoms with E-state index in [2.05, 4.69) is 0 Å². The predicted molar refractivity (Wildman–Crippen MR) is 45.4 cm³/mol. The molecule has 0 aromatic carbocycles. The molecule has 0 bridgehead atoms. The van der Waals surface area contributed by atoms with E-state index in [9.17, 15) is 9.90 Å². The number of amides is 1. The van der Waals surface area contributed by atoms with Crippen molar-refractivity contribution < 1.29 is 9.90 Å². The number of aliphatic hydroxyl groups is 1. The first-order valence-corrected chi connectivity index (χ1v) is 4.32. The van der Waals surface area contributed by atoms with Crippen LogP contribution in [0.3, 0.4) is 0 Å². The van der Waals surface area contributed by atoms with E-state index >= 15 is 0 Å². The smallest absolute Gasteiger partial charge is 0.225 e. The van der Waals surface area contributed by atoms with Crippen molar-refractivity contribution >= 4 is 5.91 Å². The van der Waals surface area contributed by atoms with Crippen molar-refractivity contribution in [3.05, 3.63) is 0 Å². The van der Waals surface area contributed by atoms with Crippen LogP contribution in [0, 0.1) is 5.92 Å². The van der Waals surface area contributed by atoms with Gasteiger partial charge < -0.3 is 15.7 Å². The number of rotatable bonds is 3. The Morgan fingerprint density at radius 3 is 2.92 bits per heavy atom. The quantitative estimate of drug-likeness (QED) is 0.584. The van der Waals surface area contributed by atoms with Gasteiger partial charge in [-0.1, -0.05) is 6.92 Å². The van der Waals surface area contributed by atoms with Gasteiger partial charge in [0.25, 0.3) is 0 Å².